The Morgan fingerprint density at radius 1 is 1.28 bits per heavy atom. The largest absolute Gasteiger partial charge is 0.374 e. The summed E-state index contributed by atoms with van der Waals surface area (Å²) >= 11 is 6.27. The minimum absolute atomic E-state index is 0.167. The van der Waals surface area contributed by atoms with E-state index in [1.165, 1.54) is 0 Å². The molecular weight excluding hydrogens is 390 g/mol. The van der Waals surface area contributed by atoms with E-state index in [0.717, 1.165) is 5.69 Å². The molecule has 3 aromatic heterocycles. The molecule has 0 amide bonds. The van der Waals surface area contributed by atoms with Crippen LogP contribution in [0.15, 0.2) is 47.2 Å². The molecule has 0 saturated carbocycles. The Bertz CT molecular complexity index is 1200. The van der Waals surface area contributed by atoms with Crippen molar-refractivity contribution in [3.05, 3.63) is 64.8 Å². The number of hydrogen-bond donors (Lipinski definition) is 2. The highest BCUT2D eigenvalue weighted by Crippen LogP contribution is 2.27. The molecule has 3 N–H and O–H groups in total. The first-order valence-corrected chi connectivity index (χ1v) is 9.41. The lowest BCUT2D eigenvalue weighted by atomic mass is 10.1. The van der Waals surface area contributed by atoms with Gasteiger partial charge in [0.25, 0.3) is 0 Å². The molecule has 1 aromatic carbocycles. The SMILES string of the molecule is CC.Cc1cc(C(O)C#Cc2cccc(-n3cc(Cl)c4cnc(N)nc43)c2)no1. The molecule has 0 spiro atoms. The average molecular weight is 410 g/mol. The molecule has 7 nitrogen and oxygen atoms in total. The van der Waals surface area contributed by atoms with Gasteiger partial charge in [-0.15, -0.1) is 0 Å². The smallest absolute Gasteiger partial charge is 0.221 e. The number of aliphatic hydroxyl groups excluding tert-OH is 1. The van der Waals surface area contributed by atoms with Gasteiger partial charge in [-0.05, 0) is 25.1 Å². The van der Waals surface area contributed by atoms with Gasteiger partial charge < -0.3 is 15.4 Å². The van der Waals surface area contributed by atoms with Crippen LogP contribution in [-0.4, -0.2) is 24.8 Å². The van der Waals surface area contributed by atoms with Crippen LogP contribution in [0.1, 0.15) is 37.0 Å². The molecule has 148 valence electrons. The Labute approximate surface area is 173 Å². The number of nitrogen functional groups attached to an aromatic ring is 1. The molecule has 0 saturated heterocycles. The van der Waals surface area contributed by atoms with E-state index in [2.05, 4.69) is 27.0 Å². The van der Waals surface area contributed by atoms with Crippen molar-refractivity contribution in [2.24, 2.45) is 0 Å². The van der Waals surface area contributed by atoms with E-state index in [9.17, 15) is 5.11 Å². The van der Waals surface area contributed by atoms with Crippen LogP contribution in [0.2, 0.25) is 5.02 Å². The van der Waals surface area contributed by atoms with E-state index in [-0.39, 0.29) is 5.95 Å². The lowest BCUT2D eigenvalue weighted by molar-refractivity contribution is 0.225. The molecule has 4 rings (SSSR count). The van der Waals surface area contributed by atoms with E-state index in [0.29, 0.717) is 33.1 Å². The quantitative estimate of drug-likeness (QED) is 0.484. The summed E-state index contributed by atoms with van der Waals surface area (Å²) < 4.78 is 6.77. The molecule has 1 atom stereocenters. The van der Waals surface area contributed by atoms with Gasteiger partial charge in [-0.1, -0.05) is 48.5 Å². The number of nitrogens with zero attached hydrogens (tertiary/aromatic N) is 4. The maximum absolute atomic E-state index is 10.1. The number of fused-ring (bicyclic) bond motifs is 1. The van der Waals surface area contributed by atoms with E-state index < -0.39 is 6.10 Å². The zero-order valence-electron chi connectivity index (χ0n) is 16.2. The van der Waals surface area contributed by atoms with Crippen LogP contribution in [0.4, 0.5) is 5.95 Å². The monoisotopic (exact) mass is 409 g/mol. The third-order valence-electron chi connectivity index (χ3n) is 3.92. The predicted molar refractivity (Wildman–Crippen MR) is 113 cm³/mol. The maximum Gasteiger partial charge on any atom is 0.221 e. The number of halogens is 1. The molecule has 0 aliphatic rings. The maximum atomic E-state index is 10.1. The van der Waals surface area contributed by atoms with E-state index >= 15 is 0 Å². The molecular formula is C21H20ClN5O2. The van der Waals surface area contributed by atoms with E-state index in [1.54, 1.807) is 25.4 Å². The Morgan fingerprint density at radius 2 is 2.07 bits per heavy atom. The Balaban J connectivity index is 0.00000117. The van der Waals surface area contributed by atoms with Crippen molar-refractivity contribution < 1.29 is 9.63 Å². The minimum atomic E-state index is -1.03. The summed E-state index contributed by atoms with van der Waals surface area (Å²) in [7, 11) is 0. The van der Waals surface area contributed by atoms with Gasteiger partial charge in [-0.25, -0.2) is 4.98 Å². The highest BCUT2D eigenvalue weighted by Gasteiger charge is 2.12. The molecule has 0 radical (unpaired) electrons. The number of nitrogens with two attached hydrogens (primary N) is 1. The summed E-state index contributed by atoms with van der Waals surface area (Å²) in [4.78, 5) is 8.25. The summed E-state index contributed by atoms with van der Waals surface area (Å²) in [6.07, 6.45) is 2.32. The minimum Gasteiger partial charge on any atom is -0.374 e. The second-order valence-corrected chi connectivity index (χ2v) is 6.30. The van der Waals surface area contributed by atoms with Crippen molar-refractivity contribution in [3.63, 3.8) is 0 Å². The molecule has 8 heteroatoms. The second kappa shape index (κ2) is 8.78. The molecule has 29 heavy (non-hydrogen) atoms. The number of aliphatic hydroxyl groups is 1. The molecule has 0 bridgehead atoms. The van der Waals surface area contributed by atoms with Gasteiger partial charge in [0.1, 0.15) is 11.5 Å². The fraction of sp³-hybridized carbons (Fsp3) is 0.190. The second-order valence-electron chi connectivity index (χ2n) is 5.90. The molecule has 0 aliphatic carbocycles. The van der Waals surface area contributed by atoms with Crippen molar-refractivity contribution >= 4 is 28.6 Å². The summed E-state index contributed by atoms with van der Waals surface area (Å²) in [5.41, 5.74) is 8.22. The van der Waals surface area contributed by atoms with Crippen LogP contribution < -0.4 is 5.73 Å². The Kier molecular flexibility index (Phi) is 6.17. The van der Waals surface area contributed by atoms with Gasteiger partial charge >= 0.3 is 0 Å². The molecule has 0 aliphatic heterocycles. The molecule has 1 unspecified atom stereocenters. The topological polar surface area (TPSA) is 103 Å². The van der Waals surface area contributed by atoms with Crippen LogP contribution in [0.5, 0.6) is 0 Å². The normalized spacial score (nSPS) is 11.3. The van der Waals surface area contributed by atoms with Gasteiger partial charge in [-0.3, -0.25) is 4.57 Å². The molecule has 0 fully saturated rings. The van der Waals surface area contributed by atoms with Gasteiger partial charge in [-0.2, -0.15) is 4.98 Å². The van der Waals surface area contributed by atoms with Crippen LogP contribution in [0, 0.1) is 18.8 Å². The zero-order chi connectivity index (χ0) is 21.0. The van der Waals surface area contributed by atoms with Gasteiger partial charge in [0.15, 0.2) is 11.8 Å². The van der Waals surface area contributed by atoms with Crippen molar-refractivity contribution in [2.75, 3.05) is 5.73 Å². The molecule has 4 aromatic rings. The number of aryl methyl sites for hydroxylation is 1. The summed E-state index contributed by atoms with van der Waals surface area (Å²) in [5, 5.41) is 15.1. The summed E-state index contributed by atoms with van der Waals surface area (Å²) in [5.74, 6) is 6.49. The lowest BCUT2D eigenvalue weighted by Crippen LogP contribution is -1.98. The van der Waals surface area contributed by atoms with Crippen LogP contribution >= 0.6 is 11.6 Å². The number of rotatable bonds is 2. The Morgan fingerprint density at radius 3 is 2.79 bits per heavy atom. The zero-order valence-corrected chi connectivity index (χ0v) is 17.0. The third-order valence-corrected chi connectivity index (χ3v) is 4.22. The highest BCUT2D eigenvalue weighted by molar-refractivity contribution is 6.35. The first-order valence-electron chi connectivity index (χ1n) is 9.03. The fourth-order valence-corrected chi connectivity index (χ4v) is 2.88. The van der Waals surface area contributed by atoms with Crippen molar-refractivity contribution in [2.45, 2.75) is 26.9 Å². The van der Waals surface area contributed by atoms with Gasteiger partial charge in [0.2, 0.25) is 5.95 Å². The number of aromatic nitrogens is 4. The van der Waals surface area contributed by atoms with Crippen molar-refractivity contribution in [1.82, 2.24) is 19.7 Å². The van der Waals surface area contributed by atoms with Crippen LogP contribution in [0.25, 0.3) is 16.7 Å². The van der Waals surface area contributed by atoms with Crippen LogP contribution in [-0.2, 0) is 0 Å². The molecule has 3 heterocycles. The summed E-state index contributed by atoms with van der Waals surface area (Å²) in [6, 6.07) is 9.11. The summed E-state index contributed by atoms with van der Waals surface area (Å²) in [6.45, 7) is 5.75. The fourth-order valence-electron chi connectivity index (χ4n) is 2.65. The number of benzene rings is 1. The first-order chi connectivity index (χ1) is 14.0. The first kappa shape index (κ1) is 20.4. The number of hydrogen-bond acceptors (Lipinski definition) is 6. The standard InChI is InChI=1S/C19H14ClN5O2.C2H6/c1-11-7-16(24-27-11)17(26)6-5-12-3-2-4-13(8-12)25-10-15(20)14-9-22-19(21)23-18(14)25;1-2/h2-4,7-10,17,26H,1H3,(H2,21,22,23);1-2H3. The average Bonchev–Trinajstić information content (AvgIpc) is 3.31. The van der Waals surface area contributed by atoms with Crippen molar-refractivity contribution in [3.8, 4) is 17.5 Å². The predicted octanol–water partition coefficient (Wildman–Crippen LogP) is 4.06. The van der Waals surface area contributed by atoms with Crippen molar-refractivity contribution in [1.29, 1.82) is 0 Å². The van der Waals surface area contributed by atoms with E-state index in [4.69, 9.17) is 21.9 Å². The van der Waals surface area contributed by atoms with Gasteiger partial charge in [0, 0.05) is 29.7 Å². The Hall–Kier alpha value is -3.34. The third kappa shape index (κ3) is 4.40. The van der Waals surface area contributed by atoms with E-state index in [1.807, 2.05) is 42.7 Å². The lowest BCUT2D eigenvalue weighted by Gasteiger charge is -2.05. The van der Waals surface area contributed by atoms with Crippen LogP contribution in [0.3, 0.4) is 0 Å². The highest BCUT2D eigenvalue weighted by atomic mass is 35.5. The number of anilines is 1. The van der Waals surface area contributed by atoms with Gasteiger partial charge in [0.05, 0.1) is 10.4 Å².